The van der Waals surface area contributed by atoms with E-state index in [9.17, 15) is 9.59 Å². The number of benzene rings is 1. The zero-order chi connectivity index (χ0) is 17.7. The van der Waals surface area contributed by atoms with Crippen molar-refractivity contribution in [2.24, 2.45) is 5.73 Å². The Labute approximate surface area is 145 Å². The van der Waals surface area contributed by atoms with E-state index in [1.54, 1.807) is 12.4 Å². The van der Waals surface area contributed by atoms with Gasteiger partial charge < -0.3 is 16.0 Å². The van der Waals surface area contributed by atoms with Crippen LogP contribution in [0.4, 0.5) is 5.69 Å². The van der Waals surface area contributed by atoms with Gasteiger partial charge in [0.15, 0.2) is 0 Å². The third-order valence-corrected chi connectivity index (χ3v) is 4.51. The summed E-state index contributed by atoms with van der Waals surface area (Å²) in [4.78, 5) is 30.2. The zero-order valence-electron chi connectivity index (χ0n) is 14.1. The average Bonchev–Trinajstić information content (AvgIpc) is 2.99. The van der Waals surface area contributed by atoms with E-state index in [1.165, 1.54) is 16.2 Å². The Kier molecular flexibility index (Phi) is 6.05. The second-order valence-electron chi connectivity index (χ2n) is 5.64. The van der Waals surface area contributed by atoms with Gasteiger partial charge in [-0.05, 0) is 31.5 Å². The molecule has 1 heterocycles. The normalized spacial score (nSPS) is 10.5. The number of nitrogens with zero attached hydrogens (tertiary/aromatic N) is 2. The van der Waals surface area contributed by atoms with E-state index in [0.717, 1.165) is 21.8 Å². The number of hydrogen-bond acceptors (Lipinski definition) is 5. The van der Waals surface area contributed by atoms with Crippen molar-refractivity contribution in [2.45, 2.75) is 20.3 Å². The number of amides is 2. The Balaban J connectivity index is 1.99. The van der Waals surface area contributed by atoms with Crippen molar-refractivity contribution in [1.29, 1.82) is 0 Å². The highest BCUT2D eigenvalue weighted by molar-refractivity contribution is 7.09. The van der Waals surface area contributed by atoms with Crippen LogP contribution in [0.1, 0.15) is 26.6 Å². The predicted molar refractivity (Wildman–Crippen MR) is 96.4 cm³/mol. The van der Waals surface area contributed by atoms with E-state index in [4.69, 9.17) is 5.73 Å². The van der Waals surface area contributed by atoms with Crippen molar-refractivity contribution in [2.75, 3.05) is 25.5 Å². The summed E-state index contributed by atoms with van der Waals surface area (Å²) in [6.45, 7) is 4.34. The molecular weight excluding hydrogens is 324 g/mol. The number of likely N-dealkylation sites (N-methyl/N-ethyl adjacent to an activating group) is 1. The first-order chi connectivity index (χ1) is 11.4. The Hall–Kier alpha value is -2.25. The minimum atomic E-state index is -0.272. The van der Waals surface area contributed by atoms with E-state index in [2.05, 4.69) is 10.3 Å². The number of carbonyl (C=O) groups excluding carboxylic acids is 2. The SMILES string of the molecule is Cc1cccc(C)c1NC(=O)CN(C)C(=O)c1csc(CCN)n1. The van der Waals surface area contributed by atoms with E-state index < -0.39 is 0 Å². The molecule has 0 aliphatic rings. The van der Waals surface area contributed by atoms with Gasteiger partial charge in [-0.15, -0.1) is 11.3 Å². The van der Waals surface area contributed by atoms with Gasteiger partial charge in [0.25, 0.3) is 5.91 Å². The maximum atomic E-state index is 12.3. The zero-order valence-corrected chi connectivity index (χ0v) is 14.9. The Morgan fingerprint density at radius 3 is 2.58 bits per heavy atom. The van der Waals surface area contributed by atoms with Gasteiger partial charge in [-0.2, -0.15) is 0 Å². The number of aromatic nitrogens is 1. The summed E-state index contributed by atoms with van der Waals surface area (Å²) in [6.07, 6.45) is 0.648. The maximum Gasteiger partial charge on any atom is 0.273 e. The molecule has 3 N–H and O–H groups in total. The molecule has 0 bridgehead atoms. The fourth-order valence-electron chi connectivity index (χ4n) is 2.32. The van der Waals surface area contributed by atoms with Crippen molar-refractivity contribution in [1.82, 2.24) is 9.88 Å². The number of nitrogens with two attached hydrogens (primary N) is 1. The molecule has 0 saturated carbocycles. The van der Waals surface area contributed by atoms with Gasteiger partial charge in [0.2, 0.25) is 5.91 Å². The van der Waals surface area contributed by atoms with Gasteiger partial charge in [-0.25, -0.2) is 4.98 Å². The van der Waals surface area contributed by atoms with Gasteiger partial charge in [0, 0.05) is 24.5 Å². The molecule has 0 aliphatic heterocycles. The van der Waals surface area contributed by atoms with Crippen LogP contribution in [-0.2, 0) is 11.2 Å². The molecule has 2 aromatic rings. The molecule has 0 unspecified atom stereocenters. The molecule has 2 rings (SSSR count). The molecule has 0 aliphatic carbocycles. The van der Waals surface area contributed by atoms with Gasteiger partial charge in [0.05, 0.1) is 11.6 Å². The first-order valence-corrected chi connectivity index (χ1v) is 8.56. The Morgan fingerprint density at radius 2 is 1.96 bits per heavy atom. The van der Waals surface area contributed by atoms with Crippen LogP contribution in [0.25, 0.3) is 0 Å². The molecule has 24 heavy (non-hydrogen) atoms. The molecule has 1 aromatic carbocycles. The lowest BCUT2D eigenvalue weighted by atomic mass is 10.1. The third-order valence-electron chi connectivity index (χ3n) is 3.60. The first-order valence-electron chi connectivity index (χ1n) is 7.68. The number of thiazole rings is 1. The molecule has 0 radical (unpaired) electrons. The van der Waals surface area contributed by atoms with Crippen LogP contribution in [-0.4, -0.2) is 41.8 Å². The van der Waals surface area contributed by atoms with Crippen molar-refractivity contribution >= 4 is 28.8 Å². The lowest BCUT2D eigenvalue weighted by Crippen LogP contribution is -2.35. The van der Waals surface area contributed by atoms with Crippen molar-refractivity contribution < 1.29 is 9.59 Å². The van der Waals surface area contributed by atoms with Crippen LogP contribution in [0.2, 0.25) is 0 Å². The molecule has 2 amide bonds. The summed E-state index contributed by atoms with van der Waals surface area (Å²) < 4.78 is 0. The number of aryl methyl sites for hydroxylation is 2. The summed E-state index contributed by atoms with van der Waals surface area (Å²) in [5, 5.41) is 5.40. The highest BCUT2D eigenvalue weighted by atomic mass is 32.1. The van der Waals surface area contributed by atoms with Crippen molar-refractivity contribution in [3.63, 3.8) is 0 Å². The summed E-state index contributed by atoms with van der Waals surface area (Å²) in [5.41, 5.74) is 8.61. The van der Waals surface area contributed by atoms with E-state index >= 15 is 0 Å². The van der Waals surface area contributed by atoms with E-state index in [-0.39, 0.29) is 18.4 Å². The van der Waals surface area contributed by atoms with Crippen LogP contribution in [0.3, 0.4) is 0 Å². The molecular formula is C17H22N4O2S. The second-order valence-corrected chi connectivity index (χ2v) is 6.58. The Bertz CT molecular complexity index is 722. The lowest BCUT2D eigenvalue weighted by molar-refractivity contribution is -0.116. The van der Waals surface area contributed by atoms with Crippen molar-refractivity contribution in [3.8, 4) is 0 Å². The van der Waals surface area contributed by atoms with Crippen LogP contribution in [0.15, 0.2) is 23.6 Å². The molecule has 128 valence electrons. The maximum absolute atomic E-state index is 12.3. The molecule has 0 fully saturated rings. The molecule has 0 saturated heterocycles. The summed E-state index contributed by atoms with van der Waals surface area (Å²) >= 11 is 1.41. The van der Waals surface area contributed by atoms with Gasteiger partial charge in [-0.3, -0.25) is 9.59 Å². The largest absolute Gasteiger partial charge is 0.331 e. The Morgan fingerprint density at radius 1 is 1.29 bits per heavy atom. The number of carbonyl (C=O) groups is 2. The number of hydrogen-bond donors (Lipinski definition) is 2. The molecule has 1 aromatic heterocycles. The highest BCUT2D eigenvalue weighted by Gasteiger charge is 2.18. The average molecular weight is 346 g/mol. The summed E-state index contributed by atoms with van der Waals surface area (Å²) in [5.74, 6) is -0.508. The highest BCUT2D eigenvalue weighted by Crippen LogP contribution is 2.19. The van der Waals surface area contributed by atoms with E-state index in [0.29, 0.717) is 18.7 Å². The molecule has 6 nitrogen and oxygen atoms in total. The smallest absolute Gasteiger partial charge is 0.273 e. The topological polar surface area (TPSA) is 88.3 Å². The number of para-hydroxylation sites is 1. The molecule has 0 spiro atoms. The number of anilines is 1. The first kappa shape index (κ1) is 18.1. The van der Waals surface area contributed by atoms with Gasteiger partial charge >= 0.3 is 0 Å². The van der Waals surface area contributed by atoms with Gasteiger partial charge in [0.1, 0.15) is 5.69 Å². The minimum absolute atomic E-state index is 0.0314. The minimum Gasteiger partial charge on any atom is -0.331 e. The molecule has 7 heteroatoms. The van der Waals surface area contributed by atoms with Crippen LogP contribution in [0.5, 0.6) is 0 Å². The van der Waals surface area contributed by atoms with Crippen LogP contribution >= 0.6 is 11.3 Å². The van der Waals surface area contributed by atoms with E-state index in [1.807, 2.05) is 32.0 Å². The van der Waals surface area contributed by atoms with Crippen LogP contribution in [0, 0.1) is 13.8 Å². The number of rotatable bonds is 6. The lowest BCUT2D eigenvalue weighted by Gasteiger charge is -2.17. The monoisotopic (exact) mass is 346 g/mol. The summed E-state index contributed by atoms with van der Waals surface area (Å²) in [7, 11) is 1.59. The fourth-order valence-corrected chi connectivity index (χ4v) is 3.11. The fraction of sp³-hybridized carbons (Fsp3) is 0.353. The van der Waals surface area contributed by atoms with Crippen LogP contribution < -0.4 is 11.1 Å². The quantitative estimate of drug-likeness (QED) is 0.837. The third kappa shape index (κ3) is 4.39. The molecule has 0 atom stereocenters. The second kappa shape index (κ2) is 8.03. The summed E-state index contributed by atoms with van der Waals surface area (Å²) in [6, 6.07) is 5.81. The number of nitrogens with one attached hydrogen (secondary N) is 1. The predicted octanol–water partition coefficient (Wildman–Crippen LogP) is 1.97. The van der Waals surface area contributed by atoms with Crippen molar-refractivity contribution in [3.05, 3.63) is 45.4 Å². The standard InChI is InChI=1S/C17H22N4O2S/c1-11-5-4-6-12(2)16(11)20-14(22)9-21(3)17(23)13-10-24-15(19-13)7-8-18/h4-6,10H,7-9,18H2,1-3H3,(H,20,22). The van der Waals surface area contributed by atoms with Gasteiger partial charge in [-0.1, -0.05) is 18.2 Å².